The van der Waals surface area contributed by atoms with Crippen molar-refractivity contribution in [2.75, 3.05) is 6.61 Å². The van der Waals surface area contributed by atoms with E-state index >= 15 is 0 Å². The summed E-state index contributed by atoms with van der Waals surface area (Å²) >= 11 is 0. The van der Waals surface area contributed by atoms with Gasteiger partial charge in [0, 0.05) is 0 Å². The maximum atomic E-state index is 11.9. The minimum atomic E-state index is -0.958. The van der Waals surface area contributed by atoms with Crippen molar-refractivity contribution in [3.63, 3.8) is 0 Å². The van der Waals surface area contributed by atoms with E-state index in [1.807, 2.05) is 0 Å². The van der Waals surface area contributed by atoms with E-state index < -0.39 is 17.9 Å². The summed E-state index contributed by atoms with van der Waals surface area (Å²) in [4.78, 5) is 22.9. The largest absolute Gasteiger partial charge is 0.481 e. The van der Waals surface area contributed by atoms with Crippen molar-refractivity contribution in [3.05, 3.63) is 24.8 Å². The van der Waals surface area contributed by atoms with Crippen LogP contribution in [0, 0.1) is 5.92 Å². The summed E-state index contributed by atoms with van der Waals surface area (Å²) in [6.07, 6.45) is 34.3. The van der Waals surface area contributed by atoms with Crippen LogP contribution in [0.1, 0.15) is 155 Å². The molecule has 0 aliphatic rings. The highest BCUT2D eigenvalue weighted by atomic mass is 16.5. The molecular formula is C32H58O4. The number of carbonyl (C=O) groups is 2. The molecule has 4 heteroatoms. The minimum absolute atomic E-state index is 0.133. The van der Waals surface area contributed by atoms with Crippen molar-refractivity contribution in [2.24, 2.45) is 5.92 Å². The van der Waals surface area contributed by atoms with Gasteiger partial charge in [-0.25, -0.2) is 0 Å². The van der Waals surface area contributed by atoms with E-state index in [-0.39, 0.29) is 13.0 Å². The zero-order chi connectivity index (χ0) is 26.5. The molecule has 1 unspecified atom stereocenters. The molecule has 1 atom stereocenters. The first-order valence-electron chi connectivity index (χ1n) is 15.3. The van der Waals surface area contributed by atoms with Gasteiger partial charge in [-0.1, -0.05) is 141 Å². The summed E-state index contributed by atoms with van der Waals surface area (Å²) in [5.74, 6) is -1.95. The van der Waals surface area contributed by atoms with E-state index in [2.05, 4.69) is 25.7 Å². The van der Waals surface area contributed by atoms with Crippen LogP contribution in [0.4, 0.5) is 0 Å². The third kappa shape index (κ3) is 25.5. The second kappa shape index (κ2) is 28.0. The molecular weight excluding hydrogens is 448 g/mol. The van der Waals surface area contributed by atoms with Crippen LogP contribution < -0.4 is 0 Å². The van der Waals surface area contributed by atoms with Crippen molar-refractivity contribution in [3.8, 4) is 0 Å². The van der Waals surface area contributed by atoms with Crippen molar-refractivity contribution >= 4 is 11.9 Å². The topological polar surface area (TPSA) is 63.6 Å². The molecule has 0 aromatic rings. The number of aliphatic carboxylic acids is 1. The van der Waals surface area contributed by atoms with Crippen LogP contribution in [0.15, 0.2) is 24.8 Å². The number of carboxylic acids is 1. The number of hydrogen-bond donors (Lipinski definition) is 1. The second-order valence-electron chi connectivity index (χ2n) is 10.4. The fourth-order valence-corrected chi connectivity index (χ4v) is 4.65. The van der Waals surface area contributed by atoms with Gasteiger partial charge >= 0.3 is 11.9 Å². The lowest BCUT2D eigenvalue weighted by Gasteiger charge is -2.12. The average Bonchev–Trinajstić information content (AvgIpc) is 2.86. The monoisotopic (exact) mass is 506 g/mol. The first-order chi connectivity index (χ1) is 17.6. The molecule has 0 heterocycles. The molecule has 1 N–H and O–H groups in total. The van der Waals surface area contributed by atoms with E-state index in [9.17, 15) is 9.59 Å². The number of esters is 1. The Kier molecular flexibility index (Phi) is 26.8. The number of ether oxygens (including phenoxy) is 1. The number of rotatable bonds is 28. The molecule has 0 fully saturated rings. The normalized spacial score (nSPS) is 12.1. The van der Waals surface area contributed by atoms with Gasteiger partial charge in [-0.3, -0.25) is 9.59 Å². The predicted molar refractivity (Wildman–Crippen MR) is 153 cm³/mol. The molecule has 0 saturated heterocycles. The van der Waals surface area contributed by atoms with Gasteiger partial charge in [0.1, 0.15) is 6.61 Å². The molecule has 0 bridgehead atoms. The van der Waals surface area contributed by atoms with Crippen molar-refractivity contribution in [2.45, 2.75) is 155 Å². The van der Waals surface area contributed by atoms with Crippen LogP contribution in [-0.4, -0.2) is 23.7 Å². The van der Waals surface area contributed by atoms with Crippen LogP contribution in [0.3, 0.4) is 0 Å². The highest BCUT2D eigenvalue weighted by Gasteiger charge is 2.22. The van der Waals surface area contributed by atoms with Gasteiger partial charge in [0.15, 0.2) is 0 Å². The summed E-state index contributed by atoms with van der Waals surface area (Å²) in [7, 11) is 0. The fourth-order valence-electron chi connectivity index (χ4n) is 4.65. The summed E-state index contributed by atoms with van der Waals surface area (Å²) in [6.45, 7) is 5.93. The minimum Gasteiger partial charge on any atom is -0.481 e. The molecule has 0 aromatic carbocycles. The van der Waals surface area contributed by atoms with Gasteiger partial charge in [-0.05, 0) is 32.1 Å². The maximum absolute atomic E-state index is 11.9. The Labute approximate surface area is 223 Å². The van der Waals surface area contributed by atoms with Gasteiger partial charge in [-0.2, -0.15) is 0 Å². The maximum Gasteiger partial charge on any atom is 0.309 e. The molecule has 36 heavy (non-hydrogen) atoms. The number of carboxylic acid groups (broad SMARTS) is 1. The van der Waals surface area contributed by atoms with Gasteiger partial charge < -0.3 is 9.84 Å². The Morgan fingerprint density at radius 1 is 0.694 bits per heavy atom. The zero-order valence-electron chi connectivity index (χ0n) is 23.7. The highest BCUT2D eigenvalue weighted by Crippen LogP contribution is 2.17. The third-order valence-corrected chi connectivity index (χ3v) is 6.91. The molecule has 0 amide bonds. The van der Waals surface area contributed by atoms with E-state index in [4.69, 9.17) is 9.84 Å². The molecule has 0 aliphatic carbocycles. The number of allylic oxidation sites excluding steroid dienone is 2. The summed E-state index contributed by atoms with van der Waals surface area (Å²) in [6, 6.07) is 0. The molecule has 0 radical (unpaired) electrons. The lowest BCUT2D eigenvalue weighted by molar-refractivity contribution is -0.152. The SMILES string of the molecule is C=CCOC(=O)C(CCC/C=C/CCCCCCCCCCCCCCCCCCCC)CC(=O)O. The lowest BCUT2D eigenvalue weighted by Crippen LogP contribution is -2.21. The van der Waals surface area contributed by atoms with Crippen molar-refractivity contribution < 1.29 is 19.4 Å². The van der Waals surface area contributed by atoms with Gasteiger partial charge in [-0.15, -0.1) is 0 Å². The average molecular weight is 507 g/mol. The summed E-state index contributed by atoms with van der Waals surface area (Å²) < 4.78 is 5.02. The molecule has 0 spiro atoms. The van der Waals surface area contributed by atoms with Crippen LogP contribution >= 0.6 is 0 Å². The Hall–Kier alpha value is -1.58. The Balaban J connectivity index is 3.42. The number of carbonyl (C=O) groups excluding carboxylic acids is 1. The van der Waals surface area contributed by atoms with Crippen molar-refractivity contribution in [1.29, 1.82) is 0 Å². The van der Waals surface area contributed by atoms with E-state index in [1.165, 1.54) is 122 Å². The van der Waals surface area contributed by atoms with Crippen LogP contribution in [0.2, 0.25) is 0 Å². The standard InChI is InChI=1S/C32H58O4/c1-3-5-6-7-8-9-10-11-12-13-14-15-16-17-18-19-20-21-22-23-24-25-26-27-30(29-31(33)34)32(35)36-28-4-2/h4,23-24,30H,2-3,5-22,25-29H2,1H3,(H,33,34)/b24-23+. The highest BCUT2D eigenvalue weighted by molar-refractivity contribution is 5.79. The number of unbranched alkanes of at least 4 members (excludes halogenated alkanes) is 19. The van der Waals surface area contributed by atoms with E-state index in [1.54, 1.807) is 0 Å². The first-order valence-corrected chi connectivity index (χ1v) is 15.3. The molecule has 0 aromatic heterocycles. The lowest BCUT2D eigenvalue weighted by atomic mass is 9.98. The Bertz CT molecular complexity index is 540. The first kappa shape index (κ1) is 34.4. The molecule has 0 saturated carbocycles. The van der Waals surface area contributed by atoms with Gasteiger partial charge in [0.25, 0.3) is 0 Å². The van der Waals surface area contributed by atoms with Gasteiger partial charge in [0.2, 0.25) is 0 Å². The van der Waals surface area contributed by atoms with E-state index in [0.29, 0.717) is 6.42 Å². The van der Waals surface area contributed by atoms with Crippen LogP contribution in [0.25, 0.3) is 0 Å². The molecule has 210 valence electrons. The Morgan fingerprint density at radius 3 is 1.53 bits per heavy atom. The third-order valence-electron chi connectivity index (χ3n) is 6.91. The van der Waals surface area contributed by atoms with Gasteiger partial charge in [0.05, 0.1) is 12.3 Å². The van der Waals surface area contributed by atoms with E-state index in [0.717, 1.165) is 19.3 Å². The number of hydrogen-bond acceptors (Lipinski definition) is 3. The van der Waals surface area contributed by atoms with Crippen molar-refractivity contribution in [1.82, 2.24) is 0 Å². The quantitative estimate of drug-likeness (QED) is 0.0651. The fraction of sp³-hybridized carbons (Fsp3) is 0.812. The molecule has 4 nitrogen and oxygen atoms in total. The smallest absolute Gasteiger partial charge is 0.309 e. The van der Waals surface area contributed by atoms with Crippen LogP contribution in [0.5, 0.6) is 0 Å². The van der Waals surface area contributed by atoms with Crippen LogP contribution in [-0.2, 0) is 14.3 Å². The molecule has 0 aliphatic heterocycles. The second-order valence-corrected chi connectivity index (χ2v) is 10.4. The summed E-state index contributed by atoms with van der Waals surface area (Å²) in [5, 5.41) is 9.00. The zero-order valence-corrected chi connectivity index (χ0v) is 23.7. The predicted octanol–water partition coefficient (Wildman–Crippen LogP) is 9.96. The summed E-state index contributed by atoms with van der Waals surface area (Å²) in [5.41, 5.74) is 0. The molecule has 0 rings (SSSR count). The Morgan fingerprint density at radius 2 is 1.11 bits per heavy atom.